The van der Waals surface area contributed by atoms with Crippen molar-refractivity contribution in [3.8, 4) is 5.75 Å². The Hall–Kier alpha value is -2.63. The van der Waals surface area contributed by atoms with E-state index in [0.29, 0.717) is 12.1 Å². The topological polar surface area (TPSA) is 41.6 Å². The molecule has 1 aliphatic heterocycles. The van der Waals surface area contributed by atoms with E-state index in [9.17, 15) is 4.79 Å². The molecule has 4 nitrogen and oxygen atoms in total. The number of amides is 1. The number of carbonyl (C=O) groups excluding carboxylic acids is 1. The summed E-state index contributed by atoms with van der Waals surface area (Å²) < 4.78 is 5.67. The van der Waals surface area contributed by atoms with Crippen LogP contribution in [0.25, 0.3) is 0 Å². The van der Waals surface area contributed by atoms with Crippen LogP contribution < -0.4 is 10.1 Å². The van der Waals surface area contributed by atoms with E-state index in [2.05, 4.69) is 51.3 Å². The second-order valence-corrected chi connectivity index (χ2v) is 8.74. The second kappa shape index (κ2) is 9.45. The van der Waals surface area contributed by atoms with Crippen molar-refractivity contribution in [1.82, 2.24) is 10.2 Å². The van der Waals surface area contributed by atoms with Crippen LogP contribution in [-0.4, -0.2) is 30.0 Å². The zero-order chi connectivity index (χ0) is 20.9. The van der Waals surface area contributed by atoms with E-state index in [4.69, 9.17) is 4.74 Å². The number of carbonyl (C=O) groups is 1. The Labute approximate surface area is 182 Å². The SMILES string of the molecule is CC(C)Oc1ccc(C(=O)NC[C@H](c2ccsc2)N2CCc3ccccc3C2)cc1. The fraction of sp³-hybridized carbons (Fsp3) is 0.320. The van der Waals surface area contributed by atoms with Gasteiger partial charge in [-0.25, -0.2) is 0 Å². The highest BCUT2D eigenvalue weighted by Crippen LogP contribution is 2.29. The van der Waals surface area contributed by atoms with Gasteiger partial charge in [-0.2, -0.15) is 11.3 Å². The molecule has 5 heteroatoms. The lowest BCUT2D eigenvalue weighted by atomic mass is 9.97. The smallest absolute Gasteiger partial charge is 0.251 e. The van der Waals surface area contributed by atoms with Crippen molar-refractivity contribution >= 4 is 17.2 Å². The Bertz CT molecular complexity index is 967. The summed E-state index contributed by atoms with van der Waals surface area (Å²) in [5.41, 5.74) is 4.74. The third-order valence-electron chi connectivity index (χ3n) is 5.47. The summed E-state index contributed by atoms with van der Waals surface area (Å²) in [5, 5.41) is 7.45. The maximum atomic E-state index is 12.8. The predicted octanol–water partition coefficient (Wildman–Crippen LogP) is 5.06. The predicted molar refractivity (Wildman–Crippen MR) is 122 cm³/mol. The first-order valence-electron chi connectivity index (χ1n) is 10.5. The van der Waals surface area contributed by atoms with Crippen LogP contribution in [0.15, 0.2) is 65.4 Å². The van der Waals surface area contributed by atoms with Gasteiger partial charge in [-0.05, 0) is 78.1 Å². The van der Waals surface area contributed by atoms with Gasteiger partial charge < -0.3 is 10.1 Å². The van der Waals surface area contributed by atoms with Gasteiger partial charge in [-0.15, -0.1) is 0 Å². The van der Waals surface area contributed by atoms with Crippen molar-refractivity contribution < 1.29 is 9.53 Å². The molecule has 1 N–H and O–H groups in total. The number of fused-ring (bicyclic) bond motifs is 1. The zero-order valence-electron chi connectivity index (χ0n) is 17.5. The number of benzene rings is 2. The minimum atomic E-state index is -0.0521. The van der Waals surface area contributed by atoms with Crippen LogP contribution in [0.3, 0.4) is 0 Å². The summed E-state index contributed by atoms with van der Waals surface area (Å²) in [4.78, 5) is 15.2. The highest BCUT2D eigenvalue weighted by molar-refractivity contribution is 7.08. The van der Waals surface area contributed by atoms with E-state index >= 15 is 0 Å². The van der Waals surface area contributed by atoms with Gasteiger partial charge >= 0.3 is 0 Å². The van der Waals surface area contributed by atoms with Crippen molar-refractivity contribution in [2.24, 2.45) is 0 Å². The Morgan fingerprint density at radius 2 is 1.87 bits per heavy atom. The lowest BCUT2D eigenvalue weighted by molar-refractivity contribution is 0.0928. The highest BCUT2D eigenvalue weighted by Gasteiger charge is 2.25. The Morgan fingerprint density at radius 3 is 2.57 bits per heavy atom. The fourth-order valence-corrected chi connectivity index (χ4v) is 4.66. The van der Waals surface area contributed by atoms with Gasteiger partial charge in [0.05, 0.1) is 12.1 Å². The van der Waals surface area contributed by atoms with Crippen LogP contribution in [0.1, 0.15) is 46.9 Å². The number of rotatable bonds is 7. The quantitative estimate of drug-likeness (QED) is 0.581. The zero-order valence-corrected chi connectivity index (χ0v) is 18.3. The Morgan fingerprint density at radius 1 is 1.10 bits per heavy atom. The van der Waals surface area contributed by atoms with E-state index < -0.39 is 0 Å². The van der Waals surface area contributed by atoms with Crippen LogP contribution in [-0.2, 0) is 13.0 Å². The van der Waals surface area contributed by atoms with Gasteiger partial charge in [0.25, 0.3) is 5.91 Å². The van der Waals surface area contributed by atoms with Gasteiger partial charge in [0.2, 0.25) is 0 Å². The molecule has 1 atom stereocenters. The van der Waals surface area contributed by atoms with Gasteiger partial charge in [-0.1, -0.05) is 24.3 Å². The third kappa shape index (κ3) is 4.91. The van der Waals surface area contributed by atoms with Crippen molar-refractivity contribution in [2.45, 2.75) is 39.0 Å². The molecule has 0 bridgehead atoms. The maximum absolute atomic E-state index is 12.8. The Kier molecular flexibility index (Phi) is 6.50. The third-order valence-corrected chi connectivity index (χ3v) is 6.17. The molecular formula is C25H28N2O2S. The molecule has 4 rings (SSSR count). The van der Waals surface area contributed by atoms with Gasteiger partial charge in [0.15, 0.2) is 0 Å². The minimum Gasteiger partial charge on any atom is -0.491 e. The van der Waals surface area contributed by atoms with Gasteiger partial charge in [-0.3, -0.25) is 9.69 Å². The molecule has 2 heterocycles. The monoisotopic (exact) mass is 420 g/mol. The number of hydrogen-bond acceptors (Lipinski definition) is 4. The molecule has 0 unspecified atom stereocenters. The average Bonchev–Trinajstić information content (AvgIpc) is 3.28. The minimum absolute atomic E-state index is 0.0521. The summed E-state index contributed by atoms with van der Waals surface area (Å²) in [6, 6.07) is 18.3. The molecule has 2 aromatic carbocycles. The van der Waals surface area contributed by atoms with Crippen molar-refractivity contribution in [1.29, 1.82) is 0 Å². The molecule has 0 radical (unpaired) electrons. The van der Waals surface area contributed by atoms with E-state index in [0.717, 1.165) is 25.3 Å². The lowest BCUT2D eigenvalue weighted by Crippen LogP contribution is -2.40. The van der Waals surface area contributed by atoms with Crippen LogP contribution in [0.4, 0.5) is 0 Å². The molecule has 156 valence electrons. The second-order valence-electron chi connectivity index (χ2n) is 7.96. The van der Waals surface area contributed by atoms with Gasteiger partial charge in [0, 0.05) is 25.2 Å². The van der Waals surface area contributed by atoms with E-state index in [1.54, 1.807) is 11.3 Å². The fourth-order valence-electron chi connectivity index (χ4n) is 3.95. The van der Waals surface area contributed by atoms with Crippen molar-refractivity contribution in [3.05, 3.63) is 87.6 Å². The van der Waals surface area contributed by atoms with Crippen LogP contribution >= 0.6 is 11.3 Å². The number of nitrogens with one attached hydrogen (secondary N) is 1. The summed E-state index contributed by atoms with van der Waals surface area (Å²) in [6.07, 6.45) is 1.16. The summed E-state index contributed by atoms with van der Waals surface area (Å²) in [6.45, 7) is 6.47. The summed E-state index contributed by atoms with van der Waals surface area (Å²) in [7, 11) is 0. The molecule has 1 aromatic heterocycles. The summed E-state index contributed by atoms with van der Waals surface area (Å²) >= 11 is 1.70. The molecular weight excluding hydrogens is 392 g/mol. The molecule has 3 aromatic rings. The van der Waals surface area contributed by atoms with E-state index in [1.165, 1.54) is 16.7 Å². The van der Waals surface area contributed by atoms with E-state index in [-0.39, 0.29) is 18.1 Å². The van der Waals surface area contributed by atoms with E-state index in [1.807, 2.05) is 38.1 Å². The molecule has 1 amide bonds. The first-order valence-corrected chi connectivity index (χ1v) is 11.4. The maximum Gasteiger partial charge on any atom is 0.251 e. The number of thiophene rings is 1. The highest BCUT2D eigenvalue weighted by atomic mass is 32.1. The molecule has 30 heavy (non-hydrogen) atoms. The largest absolute Gasteiger partial charge is 0.491 e. The first-order chi connectivity index (χ1) is 14.6. The normalized spacial score (nSPS) is 14.9. The standard InChI is InChI=1S/C25H28N2O2S/c1-18(2)29-23-9-7-20(8-10-23)25(28)26-15-24(22-12-14-30-17-22)27-13-11-19-5-3-4-6-21(19)16-27/h3-10,12,14,17-18,24H,11,13,15-16H2,1-2H3,(H,26,28)/t24-/m1/s1. The van der Waals surface area contributed by atoms with Crippen LogP contribution in [0, 0.1) is 0 Å². The molecule has 1 aliphatic rings. The first kappa shape index (κ1) is 20.6. The van der Waals surface area contributed by atoms with Crippen molar-refractivity contribution in [3.63, 3.8) is 0 Å². The summed E-state index contributed by atoms with van der Waals surface area (Å²) in [5.74, 6) is 0.730. The molecule has 0 aliphatic carbocycles. The molecule has 0 saturated heterocycles. The Balaban J connectivity index is 1.44. The number of nitrogens with zero attached hydrogens (tertiary/aromatic N) is 1. The number of ether oxygens (including phenoxy) is 1. The molecule has 0 saturated carbocycles. The molecule has 0 spiro atoms. The van der Waals surface area contributed by atoms with Gasteiger partial charge in [0.1, 0.15) is 5.75 Å². The van der Waals surface area contributed by atoms with Crippen LogP contribution in [0.5, 0.6) is 5.75 Å². The van der Waals surface area contributed by atoms with Crippen LogP contribution in [0.2, 0.25) is 0 Å². The lowest BCUT2D eigenvalue weighted by Gasteiger charge is -2.35. The number of hydrogen-bond donors (Lipinski definition) is 1. The average molecular weight is 421 g/mol. The molecule has 0 fully saturated rings. The van der Waals surface area contributed by atoms with Crippen molar-refractivity contribution in [2.75, 3.05) is 13.1 Å².